The van der Waals surface area contributed by atoms with E-state index in [9.17, 15) is 25.9 Å². The van der Waals surface area contributed by atoms with Crippen LogP contribution in [0.1, 0.15) is 13.8 Å². The first-order valence-corrected chi connectivity index (χ1v) is 5.99. The molecule has 93 valence electrons. The van der Waals surface area contributed by atoms with Gasteiger partial charge in [0.1, 0.15) is 0 Å². The molecule has 15 heavy (non-hydrogen) atoms. The Hall–Kier alpha value is 0.259. The van der Waals surface area contributed by atoms with Crippen molar-refractivity contribution in [2.24, 2.45) is 0 Å². The summed E-state index contributed by atoms with van der Waals surface area (Å²) in [7, 11) is -8.85. The summed E-state index contributed by atoms with van der Waals surface area (Å²) in [6.07, 6.45) is 0. The molecule has 11 heteroatoms. The van der Waals surface area contributed by atoms with Crippen molar-refractivity contribution in [2.75, 3.05) is 13.2 Å². The van der Waals surface area contributed by atoms with Crippen molar-refractivity contribution in [1.82, 2.24) is 0 Å². The van der Waals surface area contributed by atoms with Crippen LogP contribution in [-0.2, 0) is 46.2 Å². The van der Waals surface area contributed by atoms with Gasteiger partial charge in [-0.1, -0.05) is 0 Å². The number of hydrogen-bond donors (Lipinski definition) is 0. The van der Waals surface area contributed by atoms with Crippen LogP contribution in [0.15, 0.2) is 0 Å². The molecule has 0 N–H and O–H groups in total. The molecule has 0 spiro atoms. The van der Waals surface area contributed by atoms with E-state index >= 15 is 0 Å². The van der Waals surface area contributed by atoms with Gasteiger partial charge in [0.25, 0.3) is 0 Å². The van der Waals surface area contributed by atoms with Crippen LogP contribution < -0.4 is 0 Å². The predicted molar refractivity (Wildman–Crippen MR) is 42.6 cm³/mol. The first-order valence-electron chi connectivity index (χ1n) is 3.32. The molecule has 0 unspecified atom stereocenters. The van der Waals surface area contributed by atoms with Crippen LogP contribution in [0.4, 0.5) is 0 Å². The third-order valence-corrected chi connectivity index (χ3v) is 1.57. The van der Waals surface area contributed by atoms with Crippen molar-refractivity contribution in [3.8, 4) is 0 Å². The zero-order valence-electron chi connectivity index (χ0n) is 7.87. The van der Waals surface area contributed by atoms with Gasteiger partial charge >= 0.3 is 17.1 Å². The fourth-order valence-corrected chi connectivity index (χ4v) is 0.866. The Morgan fingerprint density at radius 2 is 1.07 bits per heavy atom. The minimum atomic E-state index is -4.42. The second-order valence-electron chi connectivity index (χ2n) is 1.63. The van der Waals surface area contributed by atoms with Gasteiger partial charge in [-0.05, 0) is 13.8 Å². The molecule has 0 aliphatic rings. The molecule has 0 rings (SSSR count). The average Bonchev–Trinajstić information content (AvgIpc) is 1.81. The van der Waals surface area contributed by atoms with Crippen molar-refractivity contribution in [3.05, 3.63) is 0 Å². The predicted octanol–water partition coefficient (Wildman–Crippen LogP) is -1.04. The molecule has 0 amide bonds. The van der Waals surface area contributed by atoms with E-state index in [0.717, 1.165) is 0 Å². The smallest absolute Gasteiger partial charge is 0.726 e. The van der Waals surface area contributed by atoms with Crippen LogP contribution in [0.5, 0.6) is 0 Å². The Kier molecular flexibility index (Phi) is 13.1. The molecule has 1 radical (unpaired) electrons. The molecule has 0 atom stereocenters. The van der Waals surface area contributed by atoms with Gasteiger partial charge in [-0.25, -0.2) is 16.8 Å². The Bertz CT molecular complexity index is 285. The van der Waals surface area contributed by atoms with Gasteiger partial charge in [0.15, 0.2) is 0 Å². The zero-order chi connectivity index (χ0) is 11.8. The van der Waals surface area contributed by atoms with Crippen LogP contribution in [-0.4, -0.2) is 39.2 Å². The van der Waals surface area contributed by atoms with E-state index in [1.807, 2.05) is 0 Å². The molecular formula is C4H10MnO8S2. The maximum absolute atomic E-state index is 9.45. The molecule has 0 heterocycles. The molecule has 0 aliphatic carbocycles. The third kappa shape index (κ3) is 31.4. The minimum absolute atomic E-state index is 0. The molecule has 0 saturated heterocycles. The van der Waals surface area contributed by atoms with Crippen LogP contribution in [0.2, 0.25) is 0 Å². The van der Waals surface area contributed by atoms with Gasteiger partial charge in [0, 0.05) is 0 Å². The van der Waals surface area contributed by atoms with E-state index in [1.54, 1.807) is 0 Å². The summed E-state index contributed by atoms with van der Waals surface area (Å²) in [6.45, 7) is 2.67. The van der Waals surface area contributed by atoms with Gasteiger partial charge in [0.05, 0.1) is 13.2 Å². The fourth-order valence-electron chi connectivity index (χ4n) is 0.289. The molecule has 0 bridgehead atoms. The summed E-state index contributed by atoms with van der Waals surface area (Å²) in [4.78, 5) is 0. The summed E-state index contributed by atoms with van der Waals surface area (Å²) in [5, 5.41) is 0. The Morgan fingerprint density at radius 3 is 1.07 bits per heavy atom. The molecule has 0 aliphatic heterocycles. The van der Waals surface area contributed by atoms with Crippen molar-refractivity contribution in [3.63, 3.8) is 0 Å². The molecule has 8 nitrogen and oxygen atoms in total. The van der Waals surface area contributed by atoms with Gasteiger partial charge < -0.3 is 9.11 Å². The first kappa shape index (κ1) is 20.6. The van der Waals surface area contributed by atoms with Gasteiger partial charge in [0.2, 0.25) is 20.8 Å². The average molecular weight is 305 g/mol. The van der Waals surface area contributed by atoms with Gasteiger partial charge in [-0.3, -0.25) is 8.37 Å². The maximum Gasteiger partial charge on any atom is 2.00 e. The zero-order valence-corrected chi connectivity index (χ0v) is 10.7. The summed E-state index contributed by atoms with van der Waals surface area (Å²) >= 11 is 0. The van der Waals surface area contributed by atoms with E-state index in [4.69, 9.17) is 0 Å². The minimum Gasteiger partial charge on any atom is -0.726 e. The molecule has 0 fully saturated rings. The maximum atomic E-state index is 9.45. The monoisotopic (exact) mass is 305 g/mol. The SMILES string of the molecule is CCOS(=O)(=O)[O-].CCOS(=O)(=O)[O-].[Mn+2]. The van der Waals surface area contributed by atoms with Crippen LogP contribution in [0, 0.1) is 0 Å². The number of rotatable bonds is 4. The second kappa shape index (κ2) is 9.48. The Balaban J connectivity index is -0.000000180. The van der Waals surface area contributed by atoms with E-state index < -0.39 is 20.8 Å². The summed E-state index contributed by atoms with van der Waals surface area (Å²) in [5.41, 5.74) is 0. The second-order valence-corrected chi connectivity index (χ2v) is 3.73. The van der Waals surface area contributed by atoms with Gasteiger partial charge in [-0.2, -0.15) is 0 Å². The molecular weight excluding hydrogens is 295 g/mol. The van der Waals surface area contributed by atoms with Crippen molar-refractivity contribution in [2.45, 2.75) is 13.8 Å². The Labute approximate surface area is 99.3 Å². The third-order valence-electron chi connectivity index (χ3n) is 0.524. The van der Waals surface area contributed by atoms with Crippen LogP contribution in [0.25, 0.3) is 0 Å². The molecule has 0 aromatic carbocycles. The Morgan fingerprint density at radius 1 is 0.867 bits per heavy atom. The van der Waals surface area contributed by atoms with Crippen molar-refractivity contribution >= 4 is 20.8 Å². The van der Waals surface area contributed by atoms with E-state index in [1.165, 1.54) is 13.8 Å². The van der Waals surface area contributed by atoms with E-state index in [-0.39, 0.29) is 30.3 Å². The van der Waals surface area contributed by atoms with Crippen LogP contribution >= 0.6 is 0 Å². The standard InChI is InChI=1S/2C2H6O4S.Mn/c2*1-2-6-7(3,4)5;/h2*2H2,1H3,(H,3,4,5);/q;;+2/p-2. The molecule has 0 aromatic rings. The van der Waals surface area contributed by atoms with Crippen molar-refractivity contribution in [1.29, 1.82) is 0 Å². The number of hydrogen-bond acceptors (Lipinski definition) is 8. The summed E-state index contributed by atoms with van der Waals surface area (Å²) in [6, 6.07) is 0. The van der Waals surface area contributed by atoms with Gasteiger partial charge in [-0.15, -0.1) is 0 Å². The van der Waals surface area contributed by atoms with E-state index in [0.29, 0.717) is 0 Å². The quantitative estimate of drug-likeness (QED) is 0.365. The van der Waals surface area contributed by atoms with Crippen LogP contribution in [0.3, 0.4) is 0 Å². The summed E-state index contributed by atoms with van der Waals surface area (Å²) < 4.78 is 64.0. The molecule has 0 saturated carbocycles. The first-order chi connectivity index (χ1) is 6.12. The topological polar surface area (TPSA) is 133 Å². The molecule has 0 aromatic heterocycles. The fraction of sp³-hybridized carbons (Fsp3) is 1.00. The normalized spacial score (nSPS) is 10.9. The van der Waals surface area contributed by atoms with Crippen molar-refractivity contribution < 1.29 is 51.4 Å². The van der Waals surface area contributed by atoms with E-state index in [2.05, 4.69) is 8.37 Å². The largest absolute Gasteiger partial charge is 2.00 e. The summed E-state index contributed by atoms with van der Waals surface area (Å²) in [5.74, 6) is 0.